The van der Waals surface area contributed by atoms with Crippen LogP contribution in [0.25, 0.3) is 32.3 Å². The van der Waals surface area contributed by atoms with E-state index in [2.05, 4.69) is 122 Å². The van der Waals surface area contributed by atoms with E-state index in [0.29, 0.717) is 69.3 Å². The maximum Gasteiger partial charge on any atom is 0.407 e. The normalized spacial score (nSPS) is 28.1. The first kappa shape index (κ1) is 110. The molecule has 39 nitrogen and oxygen atoms in total. The van der Waals surface area contributed by atoms with E-state index >= 15 is 0 Å². The zero-order chi connectivity index (χ0) is 108. The average molecular weight is 2130 g/mol. The third-order valence-electron chi connectivity index (χ3n) is 30.8. The molecule has 12 bridgehead atoms. The highest BCUT2D eigenvalue weighted by molar-refractivity contribution is 7.91. The molecule has 42 heteroatoms. The summed E-state index contributed by atoms with van der Waals surface area (Å²) in [6, 6.07) is 17.0. The molecule has 150 heavy (non-hydrogen) atoms. The molecule has 14 amide bonds. The number of pyridine rings is 3. The van der Waals surface area contributed by atoms with E-state index < -0.39 is 222 Å². The van der Waals surface area contributed by atoms with Crippen LogP contribution in [-0.2, 0) is 97.2 Å². The number of aryl methyl sites for hydroxylation is 3. The molecule has 9 heterocycles. The van der Waals surface area contributed by atoms with Crippen LogP contribution in [0.15, 0.2) is 129 Å². The lowest BCUT2D eigenvalue weighted by Crippen LogP contribution is -2.61. The summed E-state index contributed by atoms with van der Waals surface area (Å²) >= 11 is 0. The number of carbonyl (C=O) groups excluding carboxylic acids is 12. The fourth-order valence-corrected chi connectivity index (χ4v) is 25.0. The summed E-state index contributed by atoms with van der Waals surface area (Å²) in [5.74, 6) is -6.17. The third kappa shape index (κ3) is 25.1. The number of hydrogen-bond acceptors (Lipinski definition) is 25. The number of sulfonamides is 3. The number of rotatable bonds is 18. The van der Waals surface area contributed by atoms with Crippen molar-refractivity contribution in [2.45, 2.75) is 311 Å². The molecule has 810 valence electrons. The summed E-state index contributed by atoms with van der Waals surface area (Å²) in [7, 11) is -9.93. The van der Waals surface area contributed by atoms with Gasteiger partial charge in [0.25, 0.3) is 17.7 Å². The first-order valence-corrected chi connectivity index (χ1v) is 57.0. The fourth-order valence-electron chi connectivity index (χ4n) is 20.9. The highest BCUT2D eigenvalue weighted by Crippen LogP contribution is 2.50. The second kappa shape index (κ2) is 43.3. The van der Waals surface area contributed by atoms with Gasteiger partial charge in [0.2, 0.25) is 83.2 Å². The molecule has 0 unspecified atom stereocenters. The van der Waals surface area contributed by atoms with Crippen LogP contribution >= 0.6 is 0 Å². The molecule has 0 radical (unpaired) electrons. The van der Waals surface area contributed by atoms with Crippen LogP contribution < -0.4 is 65.6 Å². The summed E-state index contributed by atoms with van der Waals surface area (Å²) in [4.78, 5) is 185. The van der Waals surface area contributed by atoms with Crippen molar-refractivity contribution in [2.24, 2.45) is 39.4 Å². The molecule has 6 saturated carbocycles. The minimum Gasteiger partial charge on any atom is -0.472 e. The Morgan fingerprint density at radius 3 is 1.11 bits per heavy atom. The Bertz CT molecular complexity index is 6670. The number of aromatic nitrogens is 3. The molecule has 6 aliphatic carbocycles. The number of ether oxygens (including phenoxy) is 4. The van der Waals surface area contributed by atoms with Crippen LogP contribution in [0.2, 0.25) is 0 Å². The van der Waals surface area contributed by atoms with E-state index in [4.69, 9.17) is 18.9 Å². The van der Waals surface area contributed by atoms with Crippen molar-refractivity contribution < 1.29 is 102 Å². The predicted molar refractivity (Wildman–Crippen MR) is 560 cm³/mol. The molecule has 3 saturated heterocycles. The van der Waals surface area contributed by atoms with Crippen LogP contribution in [0.5, 0.6) is 17.6 Å². The number of nitrogens with zero attached hydrogens (tertiary/aromatic N) is 7. The van der Waals surface area contributed by atoms with E-state index in [0.717, 1.165) is 120 Å². The van der Waals surface area contributed by atoms with Gasteiger partial charge in [-0.2, -0.15) is 0 Å². The predicted octanol–water partition coefficient (Wildman–Crippen LogP) is 9.48. The molecule has 10 N–H and O–H groups in total. The number of alkyl carbamates (subject to hydrolysis) is 1. The van der Waals surface area contributed by atoms with Gasteiger partial charge in [0.05, 0.1) is 42.0 Å². The minimum atomic E-state index is -3.88. The van der Waals surface area contributed by atoms with E-state index in [1.807, 2.05) is 91.8 Å². The van der Waals surface area contributed by atoms with E-state index in [-0.39, 0.29) is 70.2 Å². The molecule has 0 spiro atoms. The van der Waals surface area contributed by atoms with Crippen LogP contribution in [0, 0.1) is 39.4 Å². The Morgan fingerprint density at radius 1 is 0.440 bits per heavy atom. The van der Waals surface area contributed by atoms with Crippen molar-refractivity contribution in [1.29, 1.82) is 0 Å². The number of cyclic esters (lactones) is 1. The first-order valence-electron chi connectivity index (χ1n) is 52.3. The average Bonchev–Trinajstić information content (AvgIpc) is 1.58. The van der Waals surface area contributed by atoms with Crippen molar-refractivity contribution in [3.8, 4) is 17.6 Å². The molecular weight excluding hydrogens is 1980 g/mol. The zero-order valence-electron chi connectivity index (χ0n) is 87.5. The Kier molecular flexibility index (Phi) is 31.7. The number of hydrogen-bond donors (Lipinski definition) is 10. The molecule has 6 aromatic rings. The first-order chi connectivity index (χ1) is 70.8. The van der Waals surface area contributed by atoms with Gasteiger partial charge in [-0.1, -0.05) is 144 Å². The number of urea groups is 2. The molecule has 9 fully saturated rings. The Morgan fingerprint density at radius 2 is 0.773 bits per heavy atom. The fraction of sp³-hybridized carbons (Fsp3) is 0.583. The lowest BCUT2D eigenvalue weighted by Gasteiger charge is -2.36. The van der Waals surface area contributed by atoms with E-state index in [1.54, 1.807) is 51.3 Å². The number of benzene rings is 3. The Labute approximate surface area is 876 Å². The minimum absolute atomic E-state index is 0.00877. The maximum atomic E-state index is 14.5. The molecule has 12 aliphatic rings. The summed E-state index contributed by atoms with van der Waals surface area (Å²) in [5.41, 5.74) is -3.80. The van der Waals surface area contributed by atoms with Gasteiger partial charge < -0.3 is 75.8 Å². The SMILES string of the molecule is C=C[C@@H]1C[C@]1(NC(=O)[C@@H]1C[C@@H]2CN1C(=O)[C@H](C(C)(C)C)NC(=O)N(C)CCCCCc1ccc3ccnc(c3c1)O2)C(=O)NS(=O)(=O)C1CC1.C=C[C@@H]1C[C@]1(NC(=O)[C@@H]1C[C@@H]2CN1C(=O)[C@H](C(C)(C)C)NC(=O)NCCCCCc1ccc3ccnc(c3c1)O2)C(=O)NS(=O)(=O)C1CC1.C=C[C@@H]1C[C@]1(NC(=O)[C@@H]1C[C@@H]2CN1C(=O)[C@H](C(C)(C)C)NC(=O)OCC(C)(C)CCCc1ccc3ccnc(c3c1)O2)C(=O)NS(=O)(=O)C1CC1. The van der Waals surface area contributed by atoms with Gasteiger partial charge in [0.1, 0.15) is 71.2 Å². The van der Waals surface area contributed by atoms with Crippen LogP contribution in [0.3, 0.4) is 0 Å². The van der Waals surface area contributed by atoms with Gasteiger partial charge in [-0.3, -0.25) is 57.3 Å². The molecule has 15 atom stereocenters. The number of nitrogens with one attached hydrogen (secondary N) is 10. The number of fused-ring (bicyclic) bond motifs is 9. The highest BCUT2D eigenvalue weighted by Gasteiger charge is 2.66. The van der Waals surface area contributed by atoms with E-state index in [9.17, 15) is 82.8 Å². The second-order valence-electron chi connectivity index (χ2n) is 46.5. The maximum absolute atomic E-state index is 14.5. The van der Waals surface area contributed by atoms with Gasteiger partial charge >= 0.3 is 18.2 Å². The summed E-state index contributed by atoms with van der Waals surface area (Å²) < 4.78 is 108. The van der Waals surface area contributed by atoms with Gasteiger partial charge in [0, 0.05) is 91.9 Å². The van der Waals surface area contributed by atoms with Crippen LogP contribution in [-0.4, -0.2) is 264 Å². The largest absolute Gasteiger partial charge is 0.472 e. The molecule has 6 aliphatic heterocycles. The van der Waals surface area contributed by atoms with E-state index in [1.165, 1.54) is 32.9 Å². The zero-order valence-corrected chi connectivity index (χ0v) is 90.0. The van der Waals surface area contributed by atoms with Crippen molar-refractivity contribution >= 4 is 134 Å². The summed E-state index contributed by atoms with van der Waals surface area (Å²) in [6.07, 6.45) is 19.7. The lowest BCUT2D eigenvalue weighted by atomic mass is 9.85. The lowest BCUT2D eigenvalue weighted by molar-refractivity contribution is -0.143. The van der Waals surface area contributed by atoms with Crippen LogP contribution in [0.4, 0.5) is 14.4 Å². The molecule has 3 aromatic heterocycles. The summed E-state index contributed by atoms with van der Waals surface area (Å²) in [5, 5.41) is 23.2. The smallest absolute Gasteiger partial charge is 0.407 e. The van der Waals surface area contributed by atoms with Crippen molar-refractivity contribution in [2.75, 3.05) is 46.4 Å². The summed E-state index contributed by atoms with van der Waals surface area (Å²) in [6.45, 7) is 33.0. The standard InChI is InChI=1S/C37H49N5O8S.C36H48N6O7S.C35H46N6O7S/c1-7-24-19-37(24,33(45)41-51(47,48)26-12-13-26)40-30(43)28-18-25-20-42(28)32(44)29(35(2,3)4)39-34(46)49-21-36(5,6)15-8-9-22-10-11-23-14-16-38-31(50-25)27(23)17-22;1-6-24-20-36(24,33(45)40-50(47,48)26-13-14-26)39-30(43)28-19-25-21-42(28)32(44)29(35(2,3)4)38-34(46)41(5)17-9-7-8-10-22-11-12-23-15-16-37-31(49-25)27(23)18-22;1-5-23-19-35(23,32(44)40-49(46,47)25-12-13-25)39-29(42)27-18-24-20-41(27)31(43)28(34(2,3)4)38-33(45)37-15-8-6-7-9-21-10-11-22-14-16-36-30(48-24)26(22)17-21/h7,10-11,14,16-17,24-26,28-29H,1,8-9,12-13,15,18-21H2,2-6H3,(H,39,46)(H,40,43)(H,41,45);6,11-12,15-16,18,24-26,28-29H,1,7-10,13-14,17,19-21H2,2-5H3,(H,38,46)(H,39,43)(H,40,45);5,10-11,14,16-17,23-25,27-28H,1,6-9,12-13,15,18-20H2,2-4H3,(H,39,42)(H,40,44)(H2,37,38,45)/t24-,25-,28+,29-,37-;24-,25-,28+,29-,36-;23-,24-,27+,28-,35-/m111/s1. The van der Waals surface area contributed by atoms with Crippen molar-refractivity contribution in [3.63, 3.8) is 0 Å². The topological polar surface area (TPSA) is 516 Å². The van der Waals surface area contributed by atoms with Crippen molar-refractivity contribution in [3.05, 3.63) is 146 Å². The van der Waals surface area contributed by atoms with Gasteiger partial charge in [-0.05, 0) is 206 Å². The van der Waals surface area contributed by atoms with Crippen molar-refractivity contribution in [1.82, 2.24) is 85.9 Å². The molecule has 3 aromatic carbocycles. The Hall–Kier alpha value is -12.6. The van der Waals surface area contributed by atoms with Gasteiger partial charge in [-0.15, -0.1) is 19.7 Å². The third-order valence-corrected chi connectivity index (χ3v) is 36.3. The second-order valence-corrected chi connectivity index (χ2v) is 52.4. The monoisotopic (exact) mass is 2130 g/mol. The number of carbonyl (C=O) groups is 12. The number of amides is 14. The quantitative estimate of drug-likeness (QED) is 0.0358. The van der Waals surface area contributed by atoms with Crippen LogP contribution in [0.1, 0.15) is 221 Å². The van der Waals surface area contributed by atoms with Gasteiger partial charge in [-0.25, -0.2) is 54.6 Å². The molecular formula is C108H143N17O22S3. The highest BCUT2D eigenvalue weighted by atomic mass is 32.2. The Balaban J connectivity index is 0.000000160. The molecule has 18 rings (SSSR count). The van der Waals surface area contributed by atoms with Gasteiger partial charge in [0.15, 0.2) is 0 Å².